The van der Waals surface area contributed by atoms with E-state index in [1.54, 1.807) is 12.1 Å². The lowest BCUT2D eigenvalue weighted by molar-refractivity contribution is 0.629. The Morgan fingerprint density at radius 1 is 1.13 bits per heavy atom. The van der Waals surface area contributed by atoms with E-state index in [1.807, 2.05) is 12.1 Å². The molecule has 1 unspecified atom stereocenters. The van der Waals surface area contributed by atoms with E-state index in [9.17, 15) is 4.39 Å². The zero-order chi connectivity index (χ0) is 10.8. The van der Waals surface area contributed by atoms with Gasteiger partial charge in [0.25, 0.3) is 0 Å². The van der Waals surface area contributed by atoms with Crippen LogP contribution in [0.5, 0.6) is 0 Å². The Hall–Kier alpha value is -1.41. The number of halogens is 1. The van der Waals surface area contributed by atoms with Crippen LogP contribution in [0.2, 0.25) is 0 Å². The average molecular weight is 203 g/mol. The molecule has 2 aromatic carbocycles. The third-order valence-corrected chi connectivity index (χ3v) is 2.75. The third kappa shape index (κ3) is 2.00. The Morgan fingerprint density at radius 3 is 2.53 bits per heavy atom. The van der Waals surface area contributed by atoms with Gasteiger partial charge in [0.1, 0.15) is 5.82 Å². The van der Waals surface area contributed by atoms with Crippen LogP contribution in [0.1, 0.15) is 18.4 Å². The molecular formula is C13H14FN. The summed E-state index contributed by atoms with van der Waals surface area (Å²) < 4.78 is 12.9. The molecule has 2 rings (SSSR count). The van der Waals surface area contributed by atoms with Gasteiger partial charge in [-0.1, -0.05) is 31.2 Å². The molecule has 0 saturated carbocycles. The zero-order valence-electron chi connectivity index (χ0n) is 8.70. The molecule has 2 heteroatoms. The van der Waals surface area contributed by atoms with Crippen molar-refractivity contribution in [3.8, 4) is 0 Å². The van der Waals surface area contributed by atoms with Crippen LogP contribution in [0.3, 0.4) is 0 Å². The normalized spacial score (nSPS) is 13.0. The Morgan fingerprint density at radius 2 is 1.80 bits per heavy atom. The highest BCUT2D eigenvalue weighted by atomic mass is 19.1. The lowest BCUT2D eigenvalue weighted by atomic mass is 9.98. The molecule has 0 amide bonds. The van der Waals surface area contributed by atoms with Gasteiger partial charge in [-0.3, -0.25) is 0 Å². The first-order chi connectivity index (χ1) is 7.20. The van der Waals surface area contributed by atoms with Crippen molar-refractivity contribution in [2.75, 3.05) is 6.54 Å². The second-order valence-electron chi connectivity index (χ2n) is 3.89. The lowest BCUT2D eigenvalue weighted by Crippen LogP contribution is -2.08. The highest BCUT2D eigenvalue weighted by Crippen LogP contribution is 2.21. The minimum Gasteiger partial charge on any atom is -0.330 e. The van der Waals surface area contributed by atoms with Gasteiger partial charge in [-0.15, -0.1) is 0 Å². The molecule has 2 aromatic rings. The van der Waals surface area contributed by atoms with Gasteiger partial charge in [0.15, 0.2) is 0 Å². The zero-order valence-corrected chi connectivity index (χ0v) is 8.70. The van der Waals surface area contributed by atoms with E-state index in [2.05, 4.69) is 13.0 Å². The molecule has 15 heavy (non-hydrogen) atoms. The van der Waals surface area contributed by atoms with Gasteiger partial charge >= 0.3 is 0 Å². The molecule has 0 fully saturated rings. The highest BCUT2D eigenvalue weighted by molar-refractivity contribution is 5.83. The molecule has 0 aliphatic heterocycles. The second-order valence-corrected chi connectivity index (χ2v) is 3.89. The number of fused-ring (bicyclic) bond motifs is 1. The maximum Gasteiger partial charge on any atom is 0.123 e. The lowest BCUT2D eigenvalue weighted by Gasteiger charge is -2.09. The fourth-order valence-electron chi connectivity index (χ4n) is 1.68. The summed E-state index contributed by atoms with van der Waals surface area (Å²) in [5.41, 5.74) is 6.82. The van der Waals surface area contributed by atoms with Gasteiger partial charge in [-0.05, 0) is 40.9 Å². The first-order valence-electron chi connectivity index (χ1n) is 5.10. The highest BCUT2D eigenvalue weighted by Gasteiger charge is 2.04. The topological polar surface area (TPSA) is 26.0 Å². The predicted octanol–water partition coefficient (Wildman–Crippen LogP) is 3.04. The van der Waals surface area contributed by atoms with E-state index in [1.165, 1.54) is 11.6 Å². The van der Waals surface area contributed by atoms with E-state index < -0.39 is 0 Å². The number of hydrogen-bond donors (Lipinski definition) is 1. The molecule has 2 N–H and O–H groups in total. The maximum absolute atomic E-state index is 12.9. The van der Waals surface area contributed by atoms with Crippen LogP contribution in [0, 0.1) is 5.82 Å². The summed E-state index contributed by atoms with van der Waals surface area (Å²) in [6.07, 6.45) is 0. The number of hydrogen-bond acceptors (Lipinski definition) is 1. The minimum absolute atomic E-state index is 0.192. The number of nitrogens with two attached hydrogens (primary N) is 1. The van der Waals surface area contributed by atoms with Crippen molar-refractivity contribution in [3.63, 3.8) is 0 Å². The fourth-order valence-corrected chi connectivity index (χ4v) is 1.68. The Labute approximate surface area is 88.7 Å². The van der Waals surface area contributed by atoms with Gasteiger partial charge in [-0.2, -0.15) is 0 Å². The Bertz CT molecular complexity index is 479. The first kappa shape index (κ1) is 10.1. The fraction of sp³-hybridized carbons (Fsp3) is 0.231. The summed E-state index contributed by atoms with van der Waals surface area (Å²) in [5, 5.41) is 2.00. The Balaban J connectivity index is 2.52. The van der Waals surface area contributed by atoms with Crippen LogP contribution in [0.25, 0.3) is 10.8 Å². The largest absolute Gasteiger partial charge is 0.330 e. The monoisotopic (exact) mass is 203 g/mol. The second kappa shape index (κ2) is 3.99. The quantitative estimate of drug-likeness (QED) is 0.797. The molecule has 78 valence electrons. The summed E-state index contributed by atoms with van der Waals surface area (Å²) in [7, 11) is 0. The van der Waals surface area contributed by atoms with E-state index in [4.69, 9.17) is 5.73 Å². The van der Waals surface area contributed by atoms with Gasteiger partial charge < -0.3 is 5.73 Å². The van der Waals surface area contributed by atoms with Crippen molar-refractivity contribution in [2.24, 2.45) is 5.73 Å². The van der Waals surface area contributed by atoms with Gasteiger partial charge in [-0.25, -0.2) is 4.39 Å². The summed E-state index contributed by atoms with van der Waals surface area (Å²) in [5.74, 6) is 0.154. The van der Waals surface area contributed by atoms with E-state index in [-0.39, 0.29) is 5.82 Å². The van der Waals surface area contributed by atoms with Crippen molar-refractivity contribution in [3.05, 3.63) is 47.8 Å². The molecule has 1 nitrogen and oxygen atoms in total. The molecule has 0 aliphatic carbocycles. The van der Waals surface area contributed by atoms with Gasteiger partial charge in [0.2, 0.25) is 0 Å². The molecule has 1 atom stereocenters. The summed E-state index contributed by atoms with van der Waals surface area (Å²) in [4.78, 5) is 0. The maximum atomic E-state index is 12.9. The van der Waals surface area contributed by atoms with E-state index >= 15 is 0 Å². The molecule has 0 spiro atoms. The van der Waals surface area contributed by atoms with Gasteiger partial charge in [0, 0.05) is 0 Å². The van der Waals surface area contributed by atoms with E-state index in [0.29, 0.717) is 12.5 Å². The molecule has 0 aromatic heterocycles. The molecule has 0 radical (unpaired) electrons. The van der Waals surface area contributed by atoms with Crippen molar-refractivity contribution >= 4 is 10.8 Å². The van der Waals surface area contributed by atoms with Crippen molar-refractivity contribution in [2.45, 2.75) is 12.8 Å². The van der Waals surface area contributed by atoms with Gasteiger partial charge in [0.05, 0.1) is 0 Å². The van der Waals surface area contributed by atoms with Crippen molar-refractivity contribution < 1.29 is 4.39 Å². The molecule has 0 bridgehead atoms. The van der Waals surface area contributed by atoms with E-state index in [0.717, 1.165) is 10.8 Å². The standard InChI is InChI=1S/C13H14FN/c1-9(8-15)10-2-3-12-7-13(14)5-4-11(12)6-10/h2-7,9H,8,15H2,1H3. The smallest absolute Gasteiger partial charge is 0.123 e. The molecule has 0 heterocycles. The minimum atomic E-state index is -0.192. The molecule has 0 saturated heterocycles. The van der Waals surface area contributed by atoms with Crippen LogP contribution in [-0.2, 0) is 0 Å². The number of rotatable bonds is 2. The SMILES string of the molecule is CC(CN)c1ccc2cc(F)ccc2c1. The number of benzene rings is 2. The van der Waals surface area contributed by atoms with Crippen molar-refractivity contribution in [1.29, 1.82) is 0 Å². The summed E-state index contributed by atoms with van der Waals surface area (Å²) in [6, 6.07) is 10.9. The molecule has 0 aliphatic rings. The summed E-state index contributed by atoms with van der Waals surface area (Å²) in [6.45, 7) is 2.72. The predicted molar refractivity (Wildman–Crippen MR) is 61.4 cm³/mol. The third-order valence-electron chi connectivity index (χ3n) is 2.75. The van der Waals surface area contributed by atoms with Crippen molar-refractivity contribution in [1.82, 2.24) is 0 Å². The molecular weight excluding hydrogens is 189 g/mol. The summed E-state index contributed by atoms with van der Waals surface area (Å²) >= 11 is 0. The van der Waals surface area contributed by atoms with Crippen LogP contribution < -0.4 is 5.73 Å². The van der Waals surface area contributed by atoms with Crippen LogP contribution in [-0.4, -0.2) is 6.54 Å². The Kier molecular flexibility index (Phi) is 2.69. The average Bonchev–Trinajstić information content (AvgIpc) is 2.27. The first-order valence-corrected chi connectivity index (χ1v) is 5.10. The van der Waals surface area contributed by atoms with Crippen LogP contribution in [0.4, 0.5) is 4.39 Å². The van der Waals surface area contributed by atoms with Crippen LogP contribution >= 0.6 is 0 Å². The van der Waals surface area contributed by atoms with Crippen LogP contribution in [0.15, 0.2) is 36.4 Å².